The van der Waals surface area contributed by atoms with Gasteiger partial charge < -0.3 is 10.1 Å². The lowest BCUT2D eigenvalue weighted by Crippen LogP contribution is -2.48. The third-order valence-corrected chi connectivity index (χ3v) is 5.83. The van der Waals surface area contributed by atoms with Gasteiger partial charge in [-0.1, -0.05) is 23.7 Å². The minimum Gasteiger partial charge on any atom is -0.451 e. The van der Waals surface area contributed by atoms with E-state index in [9.17, 15) is 14.9 Å². The van der Waals surface area contributed by atoms with Gasteiger partial charge in [-0.25, -0.2) is 9.78 Å². The molecule has 1 saturated carbocycles. The van der Waals surface area contributed by atoms with Crippen LogP contribution in [0.25, 0.3) is 10.6 Å². The summed E-state index contributed by atoms with van der Waals surface area (Å²) in [6.45, 7) is 2.96. The van der Waals surface area contributed by atoms with E-state index in [0.717, 1.165) is 18.4 Å². The highest BCUT2D eigenvalue weighted by atomic mass is 35.5. The summed E-state index contributed by atoms with van der Waals surface area (Å²) in [5.41, 5.74) is 0.422. The lowest BCUT2D eigenvalue weighted by Gasteiger charge is -2.22. The smallest absolute Gasteiger partial charge is 0.350 e. The minimum atomic E-state index is -0.913. The average Bonchev–Trinajstić information content (AvgIpc) is 3.42. The van der Waals surface area contributed by atoms with Crippen LogP contribution in [0.4, 0.5) is 0 Å². The number of esters is 1. The Morgan fingerprint density at radius 3 is 2.85 bits per heavy atom. The molecule has 0 unspecified atom stereocenters. The van der Waals surface area contributed by atoms with Gasteiger partial charge >= 0.3 is 5.97 Å². The molecule has 1 fully saturated rings. The molecule has 1 aliphatic rings. The molecular formula is C19H18ClN3O3S. The Kier molecular flexibility index (Phi) is 5.49. The van der Waals surface area contributed by atoms with Crippen molar-refractivity contribution in [1.29, 1.82) is 5.26 Å². The SMILES string of the molecule is Cc1nc(-c2cccc(Cl)c2)sc1C(=O)OCC(=O)N[C@](C)(C#N)C1CC1. The van der Waals surface area contributed by atoms with Gasteiger partial charge in [-0.2, -0.15) is 5.26 Å². The predicted octanol–water partition coefficient (Wildman–Crippen LogP) is 3.74. The van der Waals surface area contributed by atoms with Crippen molar-refractivity contribution < 1.29 is 14.3 Å². The first kappa shape index (κ1) is 19.3. The molecule has 1 aromatic heterocycles. The monoisotopic (exact) mass is 403 g/mol. The van der Waals surface area contributed by atoms with E-state index in [-0.39, 0.29) is 5.92 Å². The zero-order valence-electron chi connectivity index (χ0n) is 14.9. The summed E-state index contributed by atoms with van der Waals surface area (Å²) in [6, 6.07) is 9.32. The van der Waals surface area contributed by atoms with Gasteiger partial charge in [0.05, 0.1) is 11.8 Å². The topological polar surface area (TPSA) is 92.1 Å². The van der Waals surface area contributed by atoms with Crippen molar-refractivity contribution in [2.24, 2.45) is 5.92 Å². The van der Waals surface area contributed by atoms with Crippen molar-refractivity contribution in [2.75, 3.05) is 6.61 Å². The second-order valence-electron chi connectivity index (χ2n) is 6.66. The van der Waals surface area contributed by atoms with E-state index >= 15 is 0 Å². The molecular weight excluding hydrogens is 386 g/mol. The number of ether oxygens (including phenoxy) is 1. The van der Waals surface area contributed by atoms with Crippen LogP contribution in [0.15, 0.2) is 24.3 Å². The van der Waals surface area contributed by atoms with E-state index in [1.165, 1.54) is 11.3 Å². The molecule has 0 radical (unpaired) electrons. The highest BCUT2D eigenvalue weighted by Crippen LogP contribution is 2.39. The largest absolute Gasteiger partial charge is 0.451 e. The fourth-order valence-corrected chi connectivity index (χ4v) is 3.88. The molecule has 1 N–H and O–H groups in total. The standard InChI is InChI=1S/C19H18ClN3O3S/c1-11-16(27-17(22-11)12-4-3-5-14(20)8-12)18(25)26-9-15(24)23-19(2,10-21)13-6-7-13/h3-5,8,13H,6-7,9H2,1-2H3,(H,23,24)/t19-/m1/s1. The number of amides is 1. The zero-order chi connectivity index (χ0) is 19.6. The summed E-state index contributed by atoms with van der Waals surface area (Å²) in [4.78, 5) is 29.1. The number of nitriles is 1. The zero-order valence-corrected chi connectivity index (χ0v) is 16.5. The van der Waals surface area contributed by atoms with E-state index in [4.69, 9.17) is 16.3 Å². The van der Waals surface area contributed by atoms with E-state index in [0.29, 0.717) is 20.6 Å². The number of hydrogen-bond acceptors (Lipinski definition) is 6. The van der Waals surface area contributed by atoms with Crippen LogP contribution < -0.4 is 5.32 Å². The molecule has 1 aliphatic carbocycles. The third-order valence-electron chi connectivity index (χ3n) is 4.41. The number of carbonyl (C=O) groups is 2. The maximum absolute atomic E-state index is 12.3. The van der Waals surface area contributed by atoms with Crippen LogP contribution >= 0.6 is 22.9 Å². The molecule has 27 heavy (non-hydrogen) atoms. The fraction of sp³-hybridized carbons (Fsp3) is 0.368. The van der Waals surface area contributed by atoms with Gasteiger partial charge in [-0.05, 0) is 44.7 Å². The van der Waals surface area contributed by atoms with Crippen LogP contribution in [0.5, 0.6) is 0 Å². The van der Waals surface area contributed by atoms with Gasteiger partial charge in [0.15, 0.2) is 6.61 Å². The average molecular weight is 404 g/mol. The number of nitrogens with zero attached hydrogens (tertiary/aromatic N) is 2. The van der Waals surface area contributed by atoms with E-state index in [1.807, 2.05) is 12.1 Å². The number of hydrogen-bond donors (Lipinski definition) is 1. The van der Waals surface area contributed by atoms with Crippen molar-refractivity contribution in [3.05, 3.63) is 39.9 Å². The van der Waals surface area contributed by atoms with Gasteiger partial charge in [0.25, 0.3) is 5.91 Å². The summed E-state index contributed by atoms with van der Waals surface area (Å²) >= 11 is 7.18. The number of aryl methyl sites for hydroxylation is 1. The number of halogens is 1. The minimum absolute atomic E-state index is 0.158. The maximum Gasteiger partial charge on any atom is 0.350 e. The Balaban J connectivity index is 1.63. The number of carbonyl (C=O) groups excluding carboxylic acids is 2. The number of benzene rings is 1. The third kappa shape index (κ3) is 4.46. The Bertz CT molecular complexity index is 933. The molecule has 1 atom stereocenters. The Labute approximate surface area is 166 Å². The van der Waals surface area contributed by atoms with Crippen LogP contribution in [0.1, 0.15) is 35.1 Å². The number of thiazole rings is 1. The second kappa shape index (κ2) is 7.67. The molecule has 8 heteroatoms. The Morgan fingerprint density at radius 2 is 2.22 bits per heavy atom. The number of rotatable bonds is 6. The summed E-state index contributed by atoms with van der Waals surface area (Å²) in [6.07, 6.45) is 1.83. The van der Waals surface area contributed by atoms with Crippen molar-refractivity contribution in [2.45, 2.75) is 32.2 Å². The first-order valence-electron chi connectivity index (χ1n) is 8.45. The van der Waals surface area contributed by atoms with Crippen LogP contribution in [0, 0.1) is 24.2 Å². The van der Waals surface area contributed by atoms with Gasteiger partial charge in [0.1, 0.15) is 15.4 Å². The molecule has 3 rings (SSSR count). The molecule has 1 amide bonds. The van der Waals surface area contributed by atoms with Crippen LogP contribution in [-0.2, 0) is 9.53 Å². The highest BCUT2D eigenvalue weighted by Gasteiger charge is 2.43. The van der Waals surface area contributed by atoms with Crippen LogP contribution in [0.2, 0.25) is 5.02 Å². The molecule has 1 aromatic carbocycles. The van der Waals surface area contributed by atoms with E-state index < -0.39 is 24.0 Å². The fourth-order valence-electron chi connectivity index (χ4n) is 2.74. The van der Waals surface area contributed by atoms with Crippen LogP contribution in [0.3, 0.4) is 0 Å². The maximum atomic E-state index is 12.3. The van der Waals surface area contributed by atoms with Gasteiger partial charge in [-0.15, -0.1) is 11.3 Å². The molecule has 0 saturated heterocycles. The van der Waals surface area contributed by atoms with Gasteiger partial charge in [-0.3, -0.25) is 4.79 Å². The highest BCUT2D eigenvalue weighted by molar-refractivity contribution is 7.17. The molecule has 0 aliphatic heterocycles. The van der Waals surface area contributed by atoms with Crippen LogP contribution in [-0.4, -0.2) is 29.0 Å². The van der Waals surface area contributed by atoms with Crippen molar-refractivity contribution >= 4 is 34.8 Å². The summed E-state index contributed by atoms with van der Waals surface area (Å²) in [7, 11) is 0. The van der Waals surface area contributed by atoms with Crippen molar-refractivity contribution in [3.63, 3.8) is 0 Å². The normalized spacial score (nSPS) is 15.5. The van der Waals surface area contributed by atoms with E-state index in [1.54, 1.807) is 26.0 Å². The van der Waals surface area contributed by atoms with Crippen molar-refractivity contribution in [1.82, 2.24) is 10.3 Å². The second-order valence-corrected chi connectivity index (χ2v) is 8.09. The summed E-state index contributed by atoms with van der Waals surface area (Å²) in [5.74, 6) is -0.943. The predicted molar refractivity (Wildman–Crippen MR) is 102 cm³/mol. The lowest BCUT2D eigenvalue weighted by molar-refractivity contribution is -0.125. The molecule has 140 valence electrons. The molecule has 2 aromatic rings. The molecule has 1 heterocycles. The first-order chi connectivity index (χ1) is 12.8. The summed E-state index contributed by atoms with van der Waals surface area (Å²) < 4.78 is 5.12. The molecule has 0 bridgehead atoms. The first-order valence-corrected chi connectivity index (χ1v) is 9.64. The number of nitrogens with one attached hydrogen (secondary N) is 1. The number of aromatic nitrogens is 1. The summed E-state index contributed by atoms with van der Waals surface area (Å²) in [5, 5.41) is 13.2. The quantitative estimate of drug-likeness (QED) is 0.741. The molecule has 0 spiro atoms. The molecule has 6 nitrogen and oxygen atoms in total. The van der Waals surface area contributed by atoms with Crippen molar-refractivity contribution in [3.8, 4) is 16.6 Å². The van der Waals surface area contributed by atoms with Gasteiger partial charge in [0, 0.05) is 10.6 Å². The van der Waals surface area contributed by atoms with E-state index in [2.05, 4.69) is 16.4 Å². The Hall–Kier alpha value is -2.43. The van der Waals surface area contributed by atoms with Gasteiger partial charge in [0.2, 0.25) is 0 Å². The Morgan fingerprint density at radius 1 is 1.48 bits per heavy atom. The lowest BCUT2D eigenvalue weighted by atomic mass is 9.98.